The molecule has 2 atom stereocenters. The number of anilines is 2. The van der Waals surface area contributed by atoms with E-state index in [1.165, 1.54) is 12.3 Å². The largest absolute Gasteiger partial charge is 0.369 e. The van der Waals surface area contributed by atoms with Crippen LogP contribution in [0.5, 0.6) is 0 Å². The van der Waals surface area contributed by atoms with Gasteiger partial charge in [0.2, 0.25) is 0 Å². The molecule has 0 amide bonds. The zero-order chi connectivity index (χ0) is 22.7. The summed E-state index contributed by atoms with van der Waals surface area (Å²) in [7, 11) is 2.20. The molecule has 1 aromatic heterocycles. The van der Waals surface area contributed by atoms with Crippen molar-refractivity contribution in [1.29, 1.82) is 0 Å². The number of hydrogen-bond acceptors (Lipinski definition) is 5. The first-order valence-corrected chi connectivity index (χ1v) is 11.7. The molecule has 0 radical (unpaired) electrons. The van der Waals surface area contributed by atoms with Crippen LogP contribution >= 0.6 is 0 Å². The predicted octanol–water partition coefficient (Wildman–Crippen LogP) is 3.72. The zero-order valence-electron chi connectivity index (χ0n) is 19.4. The van der Waals surface area contributed by atoms with Crippen molar-refractivity contribution in [2.75, 3.05) is 62.7 Å². The molecule has 3 heterocycles. The number of halogens is 2. The Balaban J connectivity index is 1.48. The van der Waals surface area contributed by atoms with Crippen molar-refractivity contribution in [3.63, 3.8) is 0 Å². The fourth-order valence-corrected chi connectivity index (χ4v) is 4.99. The molecule has 1 aromatic carbocycles. The standard InChI is InChI=1S/C25H35F2N5/c1-19(2)16-30-12-13-31(22-7-4-20(26)5-8-22)18-24(30)14-23-17-32(11-10-29(23)3)25-9-6-21(27)15-28-25/h4-9,15,19,23-24H,10-14,16-18H2,1-3H3/t23?,24-/m1/s1. The second kappa shape index (κ2) is 10.1. The van der Waals surface area contributed by atoms with Gasteiger partial charge in [-0.25, -0.2) is 13.8 Å². The van der Waals surface area contributed by atoms with Crippen molar-refractivity contribution >= 4 is 11.5 Å². The Morgan fingerprint density at radius 2 is 1.56 bits per heavy atom. The van der Waals surface area contributed by atoms with E-state index < -0.39 is 0 Å². The molecule has 5 nitrogen and oxygen atoms in total. The van der Waals surface area contributed by atoms with E-state index in [0.717, 1.165) is 63.7 Å². The van der Waals surface area contributed by atoms with Gasteiger partial charge in [-0.05, 0) is 55.8 Å². The molecule has 2 aliphatic rings. The SMILES string of the molecule is CC(C)CN1CCN(c2ccc(F)cc2)C[C@H]1CC1CN(c2ccc(F)cn2)CCN1C. The summed E-state index contributed by atoms with van der Waals surface area (Å²) in [6.07, 6.45) is 2.35. The summed E-state index contributed by atoms with van der Waals surface area (Å²) in [5, 5.41) is 0. The van der Waals surface area contributed by atoms with E-state index in [9.17, 15) is 8.78 Å². The summed E-state index contributed by atoms with van der Waals surface area (Å²) >= 11 is 0. The molecule has 0 bridgehead atoms. The highest BCUT2D eigenvalue weighted by Gasteiger charge is 2.33. The maximum absolute atomic E-state index is 13.4. The van der Waals surface area contributed by atoms with Crippen molar-refractivity contribution in [2.45, 2.75) is 32.4 Å². The maximum Gasteiger partial charge on any atom is 0.141 e. The number of rotatable bonds is 6. The maximum atomic E-state index is 13.4. The van der Waals surface area contributed by atoms with Crippen molar-refractivity contribution in [1.82, 2.24) is 14.8 Å². The Labute approximate surface area is 190 Å². The predicted molar refractivity (Wildman–Crippen MR) is 126 cm³/mol. The van der Waals surface area contributed by atoms with Crippen molar-refractivity contribution in [3.05, 3.63) is 54.2 Å². The van der Waals surface area contributed by atoms with Gasteiger partial charge in [0.05, 0.1) is 6.20 Å². The average Bonchev–Trinajstić information content (AvgIpc) is 2.77. The number of likely N-dealkylation sites (N-methyl/N-ethyl adjacent to an activating group) is 1. The highest BCUT2D eigenvalue weighted by atomic mass is 19.1. The smallest absolute Gasteiger partial charge is 0.141 e. The fraction of sp³-hybridized carbons (Fsp3) is 0.560. The van der Waals surface area contributed by atoms with Crippen LogP contribution in [0.2, 0.25) is 0 Å². The number of aromatic nitrogens is 1. The summed E-state index contributed by atoms with van der Waals surface area (Å²) in [5.41, 5.74) is 1.09. The van der Waals surface area contributed by atoms with Gasteiger partial charge in [0.15, 0.2) is 0 Å². The molecule has 0 aliphatic carbocycles. The van der Waals surface area contributed by atoms with Crippen molar-refractivity contribution < 1.29 is 8.78 Å². The molecule has 2 aromatic rings. The lowest BCUT2D eigenvalue weighted by molar-refractivity contribution is 0.109. The van der Waals surface area contributed by atoms with Gasteiger partial charge < -0.3 is 9.80 Å². The number of benzene rings is 1. The van der Waals surface area contributed by atoms with E-state index >= 15 is 0 Å². The highest BCUT2D eigenvalue weighted by Crippen LogP contribution is 2.26. The van der Waals surface area contributed by atoms with Crippen LogP contribution in [0.15, 0.2) is 42.6 Å². The van der Waals surface area contributed by atoms with Crippen LogP contribution in [-0.2, 0) is 0 Å². The third kappa shape index (κ3) is 5.56. The Bertz CT molecular complexity index is 858. The van der Waals surface area contributed by atoms with Gasteiger partial charge in [0, 0.05) is 63.6 Å². The first kappa shape index (κ1) is 22.9. The monoisotopic (exact) mass is 443 g/mol. The van der Waals surface area contributed by atoms with E-state index in [1.807, 2.05) is 12.1 Å². The van der Waals surface area contributed by atoms with Gasteiger partial charge in [-0.3, -0.25) is 9.80 Å². The van der Waals surface area contributed by atoms with Crippen LogP contribution < -0.4 is 9.80 Å². The highest BCUT2D eigenvalue weighted by molar-refractivity contribution is 5.47. The molecule has 2 aliphatic heterocycles. The molecule has 174 valence electrons. The fourth-order valence-electron chi connectivity index (χ4n) is 4.99. The summed E-state index contributed by atoms with van der Waals surface area (Å²) in [5.74, 6) is 0.966. The normalized spacial score (nSPS) is 23.2. The van der Waals surface area contributed by atoms with Crippen LogP contribution in [-0.4, -0.2) is 79.7 Å². The molecule has 0 N–H and O–H groups in total. The van der Waals surface area contributed by atoms with Crippen LogP contribution in [0, 0.1) is 17.6 Å². The summed E-state index contributed by atoms with van der Waals surface area (Å²) in [6.45, 7) is 11.3. The van der Waals surface area contributed by atoms with Crippen molar-refractivity contribution in [2.24, 2.45) is 5.92 Å². The number of nitrogens with zero attached hydrogens (tertiary/aromatic N) is 5. The summed E-state index contributed by atoms with van der Waals surface area (Å²) in [4.78, 5) is 14.1. The van der Waals surface area contributed by atoms with Gasteiger partial charge in [-0.2, -0.15) is 0 Å². The lowest BCUT2D eigenvalue weighted by atomic mass is 9.98. The Hall–Kier alpha value is -2.25. The van der Waals surface area contributed by atoms with E-state index in [2.05, 4.69) is 45.5 Å². The molecule has 7 heteroatoms. The van der Waals surface area contributed by atoms with Gasteiger partial charge in [0.25, 0.3) is 0 Å². The van der Waals surface area contributed by atoms with E-state index in [0.29, 0.717) is 18.0 Å². The van der Waals surface area contributed by atoms with Crippen molar-refractivity contribution in [3.8, 4) is 0 Å². The topological polar surface area (TPSA) is 25.9 Å². The summed E-state index contributed by atoms with van der Waals surface area (Å²) < 4.78 is 26.8. The Morgan fingerprint density at radius 1 is 0.875 bits per heavy atom. The molecular formula is C25H35F2N5. The third-order valence-corrected chi connectivity index (χ3v) is 6.75. The molecular weight excluding hydrogens is 408 g/mol. The molecule has 2 saturated heterocycles. The van der Waals surface area contributed by atoms with Gasteiger partial charge >= 0.3 is 0 Å². The van der Waals surface area contributed by atoms with E-state index in [4.69, 9.17) is 0 Å². The molecule has 2 fully saturated rings. The Morgan fingerprint density at radius 3 is 2.25 bits per heavy atom. The average molecular weight is 444 g/mol. The molecule has 32 heavy (non-hydrogen) atoms. The first-order chi connectivity index (χ1) is 15.4. The number of pyridine rings is 1. The Kier molecular flexibility index (Phi) is 7.26. The molecule has 4 rings (SSSR count). The van der Waals surface area contributed by atoms with Gasteiger partial charge in [-0.15, -0.1) is 0 Å². The minimum absolute atomic E-state index is 0.193. The minimum Gasteiger partial charge on any atom is -0.369 e. The van der Waals surface area contributed by atoms with Gasteiger partial charge in [-0.1, -0.05) is 13.8 Å². The lowest BCUT2D eigenvalue weighted by Gasteiger charge is -2.47. The molecule has 0 spiro atoms. The van der Waals surface area contributed by atoms with Crippen LogP contribution in [0.1, 0.15) is 20.3 Å². The molecule has 0 saturated carbocycles. The summed E-state index contributed by atoms with van der Waals surface area (Å²) in [6, 6.07) is 11.0. The number of hydrogen-bond donors (Lipinski definition) is 0. The minimum atomic E-state index is -0.299. The van der Waals surface area contributed by atoms with Gasteiger partial charge in [0.1, 0.15) is 17.5 Å². The first-order valence-electron chi connectivity index (χ1n) is 11.7. The van der Waals surface area contributed by atoms with Crippen LogP contribution in [0.25, 0.3) is 0 Å². The van der Waals surface area contributed by atoms with E-state index in [1.54, 1.807) is 18.2 Å². The second-order valence-corrected chi connectivity index (χ2v) is 9.62. The zero-order valence-corrected chi connectivity index (χ0v) is 19.4. The number of piperazine rings is 2. The van der Waals surface area contributed by atoms with Crippen LogP contribution in [0.4, 0.5) is 20.3 Å². The van der Waals surface area contributed by atoms with E-state index in [-0.39, 0.29) is 11.6 Å². The van der Waals surface area contributed by atoms with Crippen LogP contribution in [0.3, 0.4) is 0 Å². The molecule has 1 unspecified atom stereocenters. The second-order valence-electron chi connectivity index (χ2n) is 9.62. The lowest BCUT2D eigenvalue weighted by Crippen LogP contribution is -2.59. The quantitative estimate of drug-likeness (QED) is 0.678. The third-order valence-electron chi connectivity index (χ3n) is 6.75.